The standard InChI is InChI=1S/C12H7FN4O3/c13-8-5-7(6-14)1-3-10(8)20-12-9(17(18)19)2-4-11(15)16-12/h1-5H,(H2,15,16). The first-order valence-electron chi connectivity index (χ1n) is 5.29. The van der Waals surface area contributed by atoms with Crippen molar-refractivity contribution in [1.29, 1.82) is 5.26 Å². The second kappa shape index (κ2) is 5.19. The van der Waals surface area contributed by atoms with E-state index in [2.05, 4.69) is 4.98 Å². The molecule has 0 aliphatic carbocycles. The molecule has 2 rings (SSSR count). The molecule has 0 spiro atoms. The SMILES string of the molecule is N#Cc1ccc(Oc2nc(N)ccc2[N+](=O)[O-])c(F)c1. The van der Waals surface area contributed by atoms with Gasteiger partial charge in [0.05, 0.1) is 16.6 Å². The summed E-state index contributed by atoms with van der Waals surface area (Å²) in [6.07, 6.45) is 0. The van der Waals surface area contributed by atoms with E-state index in [9.17, 15) is 14.5 Å². The number of anilines is 1. The molecule has 20 heavy (non-hydrogen) atoms. The number of benzene rings is 1. The van der Waals surface area contributed by atoms with Crippen LogP contribution in [0.15, 0.2) is 30.3 Å². The van der Waals surface area contributed by atoms with E-state index in [0.29, 0.717) is 0 Å². The van der Waals surface area contributed by atoms with Crippen LogP contribution in [0, 0.1) is 27.3 Å². The van der Waals surface area contributed by atoms with Gasteiger partial charge in [0.2, 0.25) is 0 Å². The minimum atomic E-state index is -0.831. The predicted octanol–water partition coefficient (Wildman–Crippen LogP) is 2.38. The molecule has 0 aliphatic rings. The Morgan fingerprint density at radius 1 is 1.40 bits per heavy atom. The fourth-order valence-electron chi connectivity index (χ4n) is 1.42. The minimum absolute atomic E-state index is 0.000321. The first kappa shape index (κ1) is 13.2. The van der Waals surface area contributed by atoms with Gasteiger partial charge in [0.15, 0.2) is 11.6 Å². The molecule has 0 amide bonds. The van der Waals surface area contributed by atoms with Crippen molar-refractivity contribution in [2.24, 2.45) is 0 Å². The van der Waals surface area contributed by atoms with Crippen molar-refractivity contribution in [1.82, 2.24) is 4.98 Å². The van der Waals surface area contributed by atoms with Gasteiger partial charge in [-0.1, -0.05) is 0 Å². The van der Waals surface area contributed by atoms with E-state index >= 15 is 0 Å². The Kier molecular flexibility index (Phi) is 3.43. The number of pyridine rings is 1. The Morgan fingerprint density at radius 3 is 2.75 bits per heavy atom. The molecule has 1 aromatic carbocycles. The van der Waals surface area contributed by atoms with Crippen LogP contribution in [0.4, 0.5) is 15.9 Å². The van der Waals surface area contributed by atoms with Crippen LogP contribution in [-0.4, -0.2) is 9.91 Å². The molecule has 0 aliphatic heterocycles. The Balaban J connectivity index is 2.42. The zero-order valence-electron chi connectivity index (χ0n) is 9.91. The number of aromatic nitrogens is 1. The maximum atomic E-state index is 13.7. The highest BCUT2D eigenvalue weighted by Crippen LogP contribution is 2.31. The lowest BCUT2D eigenvalue weighted by atomic mass is 10.2. The van der Waals surface area contributed by atoms with Gasteiger partial charge in [-0.05, 0) is 24.3 Å². The molecule has 7 nitrogen and oxygen atoms in total. The Hall–Kier alpha value is -3.21. The van der Waals surface area contributed by atoms with Crippen LogP contribution in [-0.2, 0) is 0 Å². The van der Waals surface area contributed by atoms with Crippen LogP contribution in [0.5, 0.6) is 11.6 Å². The minimum Gasteiger partial charge on any atom is -0.430 e. The van der Waals surface area contributed by atoms with Crippen LogP contribution < -0.4 is 10.5 Å². The van der Waals surface area contributed by atoms with E-state index in [1.54, 1.807) is 6.07 Å². The number of nitrogens with zero attached hydrogens (tertiary/aromatic N) is 3. The van der Waals surface area contributed by atoms with E-state index < -0.39 is 22.3 Å². The number of hydrogen-bond donors (Lipinski definition) is 1. The third kappa shape index (κ3) is 2.62. The summed E-state index contributed by atoms with van der Waals surface area (Å²) in [7, 11) is 0. The number of hydrogen-bond acceptors (Lipinski definition) is 6. The second-order valence-electron chi connectivity index (χ2n) is 3.68. The molecular weight excluding hydrogens is 267 g/mol. The smallest absolute Gasteiger partial charge is 0.331 e. The summed E-state index contributed by atoms with van der Waals surface area (Å²) in [6, 6.07) is 7.56. The lowest BCUT2D eigenvalue weighted by molar-refractivity contribution is -0.386. The normalized spacial score (nSPS) is 9.80. The van der Waals surface area contributed by atoms with Crippen molar-refractivity contribution in [2.45, 2.75) is 0 Å². The van der Waals surface area contributed by atoms with Crippen molar-refractivity contribution in [2.75, 3.05) is 5.73 Å². The molecule has 0 unspecified atom stereocenters. The fourth-order valence-corrected chi connectivity index (χ4v) is 1.42. The Bertz CT molecular complexity index is 727. The molecule has 0 atom stereocenters. The van der Waals surface area contributed by atoms with Gasteiger partial charge >= 0.3 is 11.6 Å². The van der Waals surface area contributed by atoms with Crippen LogP contribution >= 0.6 is 0 Å². The molecule has 0 saturated carbocycles. The van der Waals surface area contributed by atoms with Crippen molar-refractivity contribution in [3.63, 3.8) is 0 Å². The average Bonchev–Trinajstić information content (AvgIpc) is 2.40. The van der Waals surface area contributed by atoms with Gasteiger partial charge in [-0.25, -0.2) is 4.39 Å². The molecule has 0 bridgehead atoms. The van der Waals surface area contributed by atoms with Gasteiger partial charge < -0.3 is 10.5 Å². The summed E-state index contributed by atoms with van der Waals surface area (Å²) >= 11 is 0. The molecule has 0 radical (unpaired) electrons. The molecule has 1 heterocycles. The first-order chi connectivity index (χ1) is 9.51. The quantitative estimate of drug-likeness (QED) is 0.678. The summed E-state index contributed by atoms with van der Waals surface area (Å²) in [5, 5.41) is 19.4. The van der Waals surface area contributed by atoms with E-state index in [4.69, 9.17) is 15.7 Å². The number of nitrogen functional groups attached to an aromatic ring is 1. The Morgan fingerprint density at radius 2 is 2.15 bits per heavy atom. The van der Waals surface area contributed by atoms with Crippen molar-refractivity contribution < 1.29 is 14.1 Å². The highest BCUT2D eigenvalue weighted by Gasteiger charge is 2.19. The monoisotopic (exact) mass is 274 g/mol. The van der Waals surface area contributed by atoms with Gasteiger partial charge in [0.1, 0.15) is 5.82 Å². The van der Waals surface area contributed by atoms with Gasteiger partial charge in [0, 0.05) is 6.07 Å². The number of nitriles is 1. The van der Waals surface area contributed by atoms with Crippen LogP contribution in [0.25, 0.3) is 0 Å². The maximum Gasteiger partial charge on any atom is 0.331 e. The van der Waals surface area contributed by atoms with Crippen molar-refractivity contribution in [3.05, 3.63) is 51.8 Å². The van der Waals surface area contributed by atoms with Crippen LogP contribution in [0.1, 0.15) is 5.56 Å². The van der Waals surface area contributed by atoms with E-state index in [1.807, 2.05) is 0 Å². The largest absolute Gasteiger partial charge is 0.430 e. The second-order valence-corrected chi connectivity index (χ2v) is 3.68. The highest BCUT2D eigenvalue weighted by molar-refractivity contribution is 5.49. The van der Waals surface area contributed by atoms with Gasteiger partial charge in [-0.15, -0.1) is 0 Å². The predicted molar refractivity (Wildman–Crippen MR) is 66.5 cm³/mol. The fraction of sp³-hybridized carbons (Fsp3) is 0. The topological polar surface area (TPSA) is 115 Å². The zero-order valence-corrected chi connectivity index (χ0v) is 9.91. The Labute approximate surface area is 112 Å². The summed E-state index contributed by atoms with van der Waals surface area (Å²) < 4.78 is 18.7. The number of halogens is 1. The van der Waals surface area contributed by atoms with Gasteiger partial charge in [-0.2, -0.15) is 10.2 Å². The molecule has 2 aromatic rings. The number of rotatable bonds is 3. The van der Waals surface area contributed by atoms with E-state index in [1.165, 1.54) is 18.2 Å². The zero-order chi connectivity index (χ0) is 14.7. The third-order valence-electron chi connectivity index (χ3n) is 2.33. The van der Waals surface area contributed by atoms with Gasteiger partial charge in [0.25, 0.3) is 0 Å². The maximum absolute atomic E-state index is 13.7. The van der Waals surface area contributed by atoms with Gasteiger partial charge in [-0.3, -0.25) is 10.1 Å². The molecule has 0 fully saturated rings. The molecule has 2 N–H and O–H groups in total. The number of nitro groups is 1. The van der Waals surface area contributed by atoms with Crippen LogP contribution in [0.2, 0.25) is 0 Å². The highest BCUT2D eigenvalue weighted by atomic mass is 19.1. The first-order valence-corrected chi connectivity index (χ1v) is 5.29. The van der Waals surface area contributed by atoms with Crippen molar-refractivity contribution >= 4 is 11.5 Å². The third-order valence-corrected chi connectivity index (χ3v) is 2.33. The lowest BCUT2D eigenvalue weighted by Crippen LogP contribution is -2.00. The van der Waals surface area contributed by atoms with Crippen LogP contribution in [0.3, 0.4) is 0 Å². The lowest BCUT2D eigenvalue weighted by Gasteiger charge is -2.06. The molecular formula is C12H7FN4O3. The summed E-state index contributed by atoms with van der Waals surface area (Å²) in [5.74, 6) is -1.54. The number of nitrogens with two attached hydrogens (primary N) is 1. The molecule has 0 saturated heterocycles. The summed E-state index contributed by atoms with van der Waals surface area (Å²) in [4.78, 5) is 13.8. The average molecular weight is 274 g/mol. The summed E-state index contributed by atoms with van der Waals surface area (Å²) in [6.45, 7) is 0. The number of ether oxygens (including phenoxy) is 1. The molecule has 1 aromatic heterocycles. The van der Waals surface area contributed by atoms with E-state index in [0.717, 1.165) is 12.1 Å². The van der Waals surface area contributed by atoms with E-state index in [-0.39, 0.29) is 17.1 Å². The summed E-state index contributed by atoms with van der Waals surface area (Å²) in [5.41, 5.74) is 5.07. The molecule has 100 valence electrons. The molecule has 8 heteroatoms. The van der Waals surface area contributed by atoms with Crippen molar-refractivity contribution in [3.8, 4) is 17.7 Å².